The predicted octanol–water partition coefficient (Wildman–Crippen LogP) is 3.99. The van der Waals surface area contributed by atoms with Crippen LogP contribution in [-0.4, -0.2) is 72.7 Å². The molecule has 2 aromatic carbocycles. The van der Waals surface area contributed by atoms with E-state index in [2.05, 4.69) is 51.6 Å². The van der Waals surface area contributed by atoms with Crippen LogP contribution >= 0.6 is 0 Å². The summed E-state index contributed by atoms with van der Waals surface area (Å²) in [5.41, 5.74) is 3.66. The van der Waals surface area contributed by atoms with Crippen molar-refractivity contribution in [2.75, 3.05) is 39.3 Å². The van der Waals surface area contributed by atoms with Gasteiger partial charge < -0.3 is 15.5 Å². The maximum atomic E-state index is 13.2. The summed E-state index contributed by atoms with van der Waals surface area (Å²) in [5.74, 6) is -0.749. The Labute approximate surface area is 227 Å². The number of rotatable bonds is 13. The number of likely N-dealkylation sites (N-methyl/N-ethyl adjacent to an activating group) is 1. The summed E-state index contributed by atoms with van der Waals surface area (Å²) in [6, 6.07) is 15.3. The van der Waals surface area contributed by atoms with Gasteiger partial charge in [-0.05, 0) is 35.7 Å². The van der Waals surface area contributed by atoms with E-state index in [1.165, 1.54) is 12.5 Å². The number of unbranched alkanes of at least 4 members (excludes halogenated alkanes) is 1. The zero-order chi connectivity index (χ0) is 27.3. The molecular weight excluding hydrogens is 476 g/mol. The summed E-state index contributed by atoms with van der Waals surface area (Å²) in [5, 5.41) is 5.44. The van der Waals surface area contributed by atoms with Crippen LogP contribution in [0.1, 0.15) is 67.1 Å². The zero-order valence-corrected chi connectivity index (χ0v) is 23.0. The number of carbonyl (C=O) groups is 3. The SMILES string of the molecule is CCCCC(NC(=O)c1ccccc1C=Cc1ccc(CN2CCN(CC)CC2)cc1)C(=O)CNC(C)=O. The highest BCUT2D eigenvalue weighted by Crippen LogP contribution is 2.16. The van der Waals surface area contributed by atoms with E-state index in [9.17, 15) is 14.4 Å². The van der Waals surface area contributed by atoms with E-state index in [1.807, 2.05) is 37.3 Å². The van der Waals surface area contributed by atoms with Gasteiger partial charge in [-0.15, -0.1) is 0 Å². The number of carbonyl (C=O) groups excluding carboxylic acids is 3. The van der Waals surface area contributed by atoms with Gasteiger partial charge in [0.1, 0.15) is 0 Å². The smallest absolute Gasteiger partial charge is 0.252 e. The minimum absolute atomic E-state index is 0.0868. The van der Waals surface area contributed by atoms with E-state index in [0.717, 1.165) is 63.2 Å². The van der Waals surface area contributed by atoms with E-state index in [1.54, 1.807) is 6.07 Å². The van der Waals surface area contributed by atoms with E-state index in [4.69, 9.17) is 0 Å². The summed E-state index contributed by atoms with van der Waals surface area (Å²) >= 11 is 0. The summed E-state index contributed by atoms with van der Waals surface area (Å²) in [6.07, 6.45) is 6.20. The van der Waals surface area contributed by atoms with Crippen molar-refractivity contribution >= 4 is 29.7 Å². The van der Waals surface area contributed by atoms with Gasteiger partial charge in [-0.2, -0.15) is 0 Å². The monoisotopic (exact) mass is 518 g/mol. The van der Waals surface area contributed by atoms with Gasteiger partial charge in [0.2, 0.25) is 5.91 Å². The molecule has 0 aromatic heterocycles. The third-order valence-corrected chi connectivity index (χ3v) is 7.01. The zero-order valence-electron chi connectivity index (χ0n) is 23.0. The Kier molecular flexibility index (Phi) is 11.7. The van der Waals surface area contributed by atoms with Crippen LogP contribution in [-0.2, 0) is 16.1 Å². The van der Waals surface area contributed by atoms with E-state index in [0.29, 0.717) is 12.0 Å². The highest BCUT2D eigenvalue weighted by atomic mass is 16.2. The molecule has 38 heavy (non-hydrogen) atoms. The molecule has 0 aliphatic carbocycles. The molecule has 204 valence electrons. The van der Waals surface area contributed by atoms with Crippen LogP contribution in [0, 0.1) is 0 Å². The Morgan fingerprint density at radius 1 is 0.921 bits per heavy atom. The number of hydrogen-bond acceptors (Lipinski definition) is 5. The van der Waals surface area contributed by atoms with Gasteiger partial charge in [-0.3, -0.25) is 19.3 Å². The maximum Gasteiger partial charge on any atom is 0.252 e. The van der Waals surface area contributed by atoms with Crippen molar-refractivity contribution in [3.8, 4) is 0 Å². The van der Waals surface area contributed by atoms with Crippen LogP contribution in [0.4, 0.5) is 0 Å². The summed E-state index contributed by atoms with van der Waals surface area (Å²) in [7, 11) is 0. The molecule has 2 N–H and O–H groups in total. The fourth-order valence-corrected chi connectivity index (χ4v) is 4.58. The van der Waals surface area contributed by atoms with Crippen molar-refractivity contribution in [3.05, 3.63) is 70.8 Å². The lowest BCUT2D eigenvalue weighted by molar-refractivity contribution is -0.124. The standard InChI is InChI=1S/C31H42N4O3/c1-4-6-11-29(30(37)22-32-24(3)36)33-31(38)28-10-8-7-9-27(28)17-16-25-12-14-26(15-13-25)23-35-20-18-34(5-2)19-21-35/h7-10,12-17,29H,4-6,11,18-23H2,1-3H3,(H,32,36)(H,33,38). The van der Waals surface area contributed by atoms with Crippen LogP contribution in [0.3, 0.4) is 0 Å². The van der Waals surface area contributed by atoms with Crippen molar-refractivity contribution in [1.29, 1.82) is 0 Å². The van der Waals surface area contributed by atoms with Crippen LogP contribution < -0.4 is 10.6 Å². The Hall–Kier alpha value is -3.29. The minimum atomic E-state index is -0.635. The van der Waals surface area contributed by atoms with Gasteiger partial charge in [0.15, 0.2) is 5.78 Å². The van der Waals surface area contributed by atoms with Gasteiger partial charge >= 0.3 is 0 Å². The number of piperazine rings is 1. The lowest BCUT2D eigenvalue weighted by Crippen LogP contribution is -2.45. The van der Waals surface area contributed by atoms with Gasteiger partial charge in [-0.25, -0.2) is 0 Å². The molecule has 7 heteroatoms. The number of benzene rings is 2. The predicted molar refractivity (Wildman–Crippen MR) is 154 cm³/mol. The molecule has 2 aromatic rings. The molecule has 3 rings (SSSR count). The highest BCUT2D eigenvalue weighted by Gasteiger charge is 2.22. The Morgan fingerprint density at radius 3 is 2.26 bits per heavy atom. The van der Waals surface area contributed by atoms with E-state index < -0.39 is 6.04 Å². The second-order valence-corrected chi connectivity index (χ2v) is 9.92. The molecule has 1 unspecified atom stereocenters. The normalized spacial score (nSPS) is 15.3. The third kappa shape index (κ3) is 9.23. The third-order valence-electron chi connectivity index (χ3n) is 7.01. The number of Topliss-reactive ketones (excluding diaryl/α,β-unsaturated/α-hetero) is 1. The molecule has 7 nitrogen and oxygen atoms in total. The molecule has 0 spiro atoms. The van der Waals surface area contributed by atoms with Crippen molar-refractivity contribution in [1.82, 2.24) is 20.4 Å². The Morgan fingerprint density at radius 2 is 1.61 bits per heavy atom. The summed E-state index contributed by atoms with van der Waals surface area (Å²) < 4.78 is 0. The molecule has 1 aliphatic rings. The lowest BCUT2D eigenvalue weighted by atomic mass is 10.0. The molecule has 2 amide bonds. The second kappa shape index (κ2) is 15.2. The number of hydrogen-bond donors (Lipinski definition) is 2. The minimum Gasteiger partial charge on any atom is -0.349 e. The van der Waals surface area contributed by atoms with Crippen LogP contribution in [0.25, 0.3) is 12.2 Å². The molecule has 1 heterocycles. The average Bonchev–Trinajstić information content (AvgIpc) is 2.94. The largest absolute Gasteiger partial charge is 0.349 e. The fraction of sp³-hybridized carbons (Fsp3) is 0.452. The lowest BCUT2D eigenvalue weighted by Gasteiger charge is -2.34. The number of amides is 2. The van der Waals surface area contributed by atoms with Gasteiger partial charge in [-0.1, -0.05) is 81.3 Å². The first-order valence-corrected chi connectivity index (χ1v) is 13.8. The van der Waals surface area contributed by atoms with Gasteiger partial charge in [0, 0.05) is 45.2 Å². The summed E-state index contributed by atoms with van der Waals surface area (Å²) in [6.45, 7) is 12.1. The van der Waals surface area contributed by atoms with Crippen molar-refractivity contribution in [2.45, 2.75) is 52.6 Å². The van der Waals surface area contributed by atoms with Crippen LogP contribution in [0.5, 0.6) is 0 Å². The molecular formula is C31H42N4O3. The van der Waals surface area contributed by atoms with Crippen LogP contribution in [0.2, 0.25) is 0 Å². The molecule has 1 saturated heterocycles. The first-order chi connectivity index (χ1) is 18.4. The molecule has 1 atom stereocenters. The van der Waals surface area contributed by atoms with Crippen molar-refractivity contribution in [2.24, 2.45) is 0 Å². The second-order valence-electron chi connectivity index (χ2n) is 9.92. The van der Waals surface area contributed by atoms with Gasteiger partial charge in [0.25, 0.3) is 5.91 Å². The summed E-state index contributed by atoms with van der Waals surface area (Å²) in [4.78, 5) is 42.0. The number of ketones is 1. The molecule has 1 aliphatic heterocycles. The maximum absolute atomic E-state index is 13.2. The molecule has 0 saturated carbocycles. The fourth-order valence-electron chi connectivity index (χ4n) is 4.58. The topological polar surface area (TPSA) is 81.8 Å². The van der Waals surface area contributed by atoms with Crippen LogP contribution in [0.15, 0.2) is 48.5 Å². The first-order valence-electron chi connectivity index (χ1n) is 13.8. The first kappa shape index (κ1) is 29.3. The number of nitrogens with zero attached hydrogens (tertiary/aromatic N) is 2. The quantitative estimate of drug-likeness (QED) is 0.392. The van der Waals surface area contributed by atoms with Crippen molar-refractivity contribution in [3.63, 3.8) is 0 Å². The molecule has 1 fully saturated rings. The van der Waals surface area contributed by atoms with Gasteiger partial charge in [0.05, 0.1) is 12.6 Å². The Balaban J connectivity index is 1.63. The molecule has 0 bridgehead atoms. The van der Waals surface area contributed by atoms with Crippen molar-refractivity contribution < 1.29 is 14.4 Å². The Bertz CT molecular complexity index is 1090. The number of nitrogens with one attached hydrogen (secondary N) is 2. The van der Waals surface area contributed by atoms with E-state index >= 15 is 0 Å². The average molecular weight is 519 g/mol. The highest BCUT2D eigenvalue weighted by molar-refractivity contribution is 6.01. The van der Waals surface area contributed by atoms with E-state index in [-0.39, 0.29) is 24.1 Å². The molecule has 0 radical (unpaired) electrons.